The zero-order chi connectivity index (χ0) is 18.1. The lowest BCUT2D eigenvalue weighted by Crippen LogP contribution is -2.09. The topological polar surface area (TPSA) is 79.5 Å². The average Bonchev–Trinajstić information content (AvgIpc) is 2.81. The van der Waals surface area contributed by atoms with Crippen molar-refractivity contribution in [3.8, 4) is 0 Å². The van der Waals surface area contributed by atoms with Gasteiger partial charge in [0.25, 0.3) is 0 Å². The first kappa shape index (κ1) is 17.4. The smallest absolute Gasteiger partial charge is 0.335 e. The second-order valence-corrected chi connectivity index (χ2v) is 7.01. The van der Waals surface area contributed by atoms with Crippen LogP contribution in [-0.4, -0.2) is 26.7 Å². The van der Waals surface area contributed by atoms with Crippen molar-refractivity contribution in [3.05, 3.63) is 58.7 Å². The Labute approximate surface area is 152 Å². The number of halogens is 1. The van der Waals surface area contributed by atoms with E-state index in [-0.39, 0.29) is 12.1 Å². The van der Waals surface area contributed by atoms with Crippen molar-refractivity contribution in [2.24, 2.45) is 0 Å². The lowest BCUT2D eigenvalue weighted by atomic mass is 10.1. The lowest BCUT2D eigenvalue weighted by molar-refractivity contribution is -0.137. The molecule has 0 spiro atoms. The Bertz CT molecular complexity index is 979. The summed E-state index contributed by atoms with van der Waals surface area (Å²) in [7, 11) is 0. The van der Waals surface area contributed by atoms with Gasteiger partial charge in [-0.1, -0.05) is 23.4 Å². The molecule has 0 saturated carbocycles. The number of carboxylic acid groups (broad SMARTS) is 2. The molecule has 2 aromatic carbocycles. The van der Waals surface area contributed by atoms with Crippen LogP contribution in [0.1, 0.15) is 16.1 Å². The molecule has 0 aliphatic heterocycles. The molecule has 0 fully saturated rings. The Kier molecular flexibility index (Phi) is 4.74. The van der Waals surface area contributed by atoms with Gasteiger partial charge in [0.05, 0.1) is 5.56 Å². The maximum atomic E-state index is 11.3. The van der Waals surface area contributed by atoms with E-state index >= 15 is 0 Å². The van der Waals surface area contributed by atoms with Crippen LogP contribution in [0.25, 0.3) is 10.9 Å². The molecule has 3 rings (SSSR count). The minimum Gasteiger partial charge on any atom is -0.480 e. The first-order valence-corrected chi connectivity index (χ1v) is 8.57. The average molecular weight is 376 g/mol. The molecule has 0 amide bonds. The van der Waals surface area contributed by atoms with Crippen molar-refractivity contribution in [1.82, 2.24) is 4.57 Å². The summed E-state index contributed by atoms with van der Waals surface area (Å²) in [5, 5.41) is 19.8. The molecule has 0 unspecified atom stereocenters. The van der Waals surface area contributed by atoms with E-state index in [1.165, 1.54) is 17.8 Å². The number of aromatic carboxylic acids is 1. The molecular formula is C18H14ClNO4S. The number of aromatic nitrogens is 1. The number of aliphatic carboxylic acids is 1. The van der Waals surface area contributed by atoms with E-state index in [4.69, 9.17) is 11.6 Å². The van der Waals surface area contributed by atoms with Crippen molar-refractivity contribution >= 4 is 46.2 Å². The Morgan fingerprint density at radius 1 is 1.12 bits per heavy atom. The van der Waals surface area contributed by atoms with Crippen LogP contribution < -0.4 is 0 Å². The van der Waals surface area contributed by atoms with Gasteiger partial charge >= 0.3 is 11.9 Å². The molecule has 3 aromatic rings. The third-order valence-corrected chi connectivity index (χ3v) is 5.32. The van der Waals surface area contributed by atoms with Crippen molar-refractivity contribution in [1.29, 1.82) is 0 Å². The van der Waals surface area contributed by atoms with Gasteiger partial charge in [0, 0.05) is 31.4 Å². The minimum atomic E-state index is -1.02. The zero-order valence-electron chi connectivity index (χ0n) is 13.2. The molecule has 1 aromatic heterocycles. The number of hydrogen-bond acceptors (Lipinski definition) is 3. The minimum absolute atomic E-state index is 0.165. The third kappa shape index (κ3) is 3.50. The van der Waals surface area contributed by atoms with Crippen LogP contribution in [0.3, 0.4) is 0 Å². The van der Waals surface area contributed by atoms with E-state index in [0.717, 1.165) is 20.9 Å². The van der Waals surface area contributed by atoms with E-state index in [0.29, 0.717) is 10.5 Å². The Morgan fingerprint density at radius 3 is 2.40 bits per heavy atom. The Morgan fingerprint density at radius 2 is 1.80 bits per heavy atom. The fourth-order valence-corrected chi connectivity index (χ4v) is 3.84. The van der Waals surface area contributed by atoms with Gasteiger partial charge in [-0.15, -0.1) is 0 Å². The second kappa shape index (κ2) is 6.82. The van der Waals surface area contributed by atoms with Gasteiger partial charge in [-0.2, -0.15) is 0 Å². The first-order chi connectivity index (χ1) is 11.9. The summed E-state index contributed by atoms with van der Waals surface area (Å²) in [4.78, 5) is 24.3. The summed E-state index contributed by atoms with van der Waals surface area (Å²) < 4.78 is 1.68. The van der Waals surface area contributed by atoms with Crippen molar-refractivity contribution < 1.29 is 19.8 Å². The standard InChI is InChI=1S/C18H14ClNO4S/c1-10-17(25-13-5-3-12(19)4-6-13)14-8-11(18(23)24)2-7-15(14)20(10)9-16(21)22/h2-8H,9H2,1H3,(H,21,22)(H,23,24). The first-order valence-electron chi connectivity index (χ1n) is 7.38. The molecule has 0 aliphatic carbocycles. The predicted octanol–water partition coefficient (Wildman–Crippen LogP) is 4.54. The summed E-state index contributed by atoms with van der Waals surface area (Å²) in [5.74, 6) is -1.97. The summed E-state index contributed by atoms with van der Waals surface area (Å²) >= 11 is 7.37. The van der Waals surface area contributed by atoms with Crippen LogP contribution >= 0.6 is 23.4 Å². The second-order valence-electron chi connectivity index (χ2n) is 5.49. The Hall–Kier alpha value is -2.44. The molecule has 25 heavy (non-hydrogen) atoms. The third-order valence-electron chi connectivity index (χ3n) is 3.84. The van der Waals surface area contributed by atoms with E-state index in [1.54, 1.807) is 28.8 Å². The van der Waals surface area contributed by atoms with Crippen LogP contribution in [0.4, 0.5) is 0 Å². The molecule has 0 radical (unpaired) electrons. The highest BCUT2D eigenvalue weighted by molar-refractivity contribution is 7.99. The van der Waals surface area contributed by atoms with Crippen molar-refractivity contribution in [2.75, 3.05) is 0 Å². The number of carbonyl (C=O) groups is 2. The van der Waals surface area contributed by atoms with E-state index in [1.807, 2.05) is 19.1 Å². The SMILES string of the molecule is Cc1c(Sc2ccc(Cl)cc2)c2cc(C(=O)O)ccc2n1CC(=O)O. The fraction of sp³-hybridized carbons (Fsp3) is 0.111. The molecular weight excluding hydrogens is 362 g/mol. The molecule has 0 bridgehead atoms. The van der Waals surface area contributed by atoms with Gasteiger partial charge < -0.3 is 14.8 Å². The molecule has 0 atom stereocenters. The number of carboxylic acids is 2. The van der Waals surface area contributed by atoms with Gasteiger partial charge in [-0.3, -0.25) is 4.79 Å². The summed E-state index contributed by atoms with van der Waals surface area (Å²) in [5.41, 5.74) is 1.64. The molecule has 5 nitrogen and oxygen atoms in total. The molecule has 128 valence electrons. The highest BCUT2D eigenvalue weighted by Crippen LogP contribution is 2.39. The summed E-state index contributed by atoms with van der Waals surface area (Å²) in [6, 6.07) is 12.0. The maximum absolute atomic E-state index is 11.3. The molecule has 0 aliphatic rings. The van der Waals surface area contributed by atoms with Crippen molar-refractivity contribution in [2.45, 2.75) is 23.3 Å². The van der Waals surface area contributed by atoms with E-state index < -0.39 is 11.9 Å². The lowest BCUT2D eigenvalue weighted by Gasteiger charge is -2.05. The van der Waals surface area contributed by atoms with Gasteiger partial charge in [0.1, 0.15) is 6.54 Å². The van der Waals surface area contributed by atoms with Gasteiger partial charge in [0.2, 0.25) is 0 Å². The molecule has 1 heterocycles. The molecule has 0 saturated heterocycles. The zero-order valence-corrected chi connectivity index (χ0v) is 14.8. The highest BCUT2D eigenvalue weighted by atomic mass is 35.5. The van der Waals surface area contributed by atoms with Crippen LogP contribution in [0.5, 0.6) is 0 Å². The summed E-state index contributed by atoms with van der Waals surface area (Å²) in [6.07, 6.45) is 0. The van der Waals surface area contributed by atoms with Crippen LogP contribution in [0, 0.1) is 6.92 Å². The summed E-state index contributed by atoms with van der Waals surface area (Å²) in [6.45, 7) is 1.65. The Balaban J connectivity index is 2.18. The van der Waals surface area contributed by atoms with Crippen LogP contribution in [0.2, 0.25) is 5.02 Å². The predicted molar refractivity (Wildman–Crippen MR) is 96.8 cm³/mol. The van der Waals surface area contributed by atoms with Crippen LogP contribution in [-0.2, 0) is 11.3 Å². The van der Waals surface area contributed by atoms with Gasteiger partial charge in [-0.25, -0.2) is 4.79 Å². The molecule has 2 N–H and O–H groups in total. The number of hydrogen-bond donors (Lipinski definition) is 2. The number of nitrogens with zero attached hydrogens (tertiary/aromatic N) is 1. The largest absolute Gasteiger partial charge is 0.480 e. The highest BCUT2D eigenvalue weighted by Gasteiger charge is 2.18. The maximum Gasteiger partial charge on any atom is 0.335 e. The quantitative estimate of drug-likeness (QED) is 0.684. The van der Waals surface area contributed by atoms with Gasteiger partial charge in [-0.05, 0) is 49.4 Å². The monoisotopic (exact) mass is 375 g/mol. The normalized spacial score (nSPS) is 11.0. The van der Waals surface area contributed by atoms with Gasteiger partial charge in [0.15, 0.2) is 0 Å². The fourth-order valence-electron chi connectivity index (χ4n) is 2.67. The number of rotatable bonds is 5. The van der Waals surface area contributed by atoms with Crippen LogP contribution in [0.15, 0.2) is 52.3 Å². The van der Waals surface area contributed by atoms with E-state index in [2.05, 4.69) is 0 Å². The van der Waals surface area contributed by atoms with Crippen molar-refractivity contribution in [3.63, 3.8) is 0 Å². The van der Waals surface area contributed by atoms with E-state index in [9.17, 15) is 19.8 Å². The number of benzene rings is 2. The molecule has 7 heteroatoms. The number of fused-ring (bicyclic) bond motifs is 1.